The standard InChI is InChI=1S/C17H14BrClN4/c1-11-17(21-20-15-8-6-13(18)7-9-15)12(2)23(22-11)16-5-3-4-14(19)10-16/h3-10H,1-2H3. The molecule has 2 aromatic carbocycles. The summed E-state index contributed by atoms with van der Waals surface area (Å²) in [5.74, 6) is 0. The fourth-order valence-electron chi connectivity index (χ4n) is 2.25. The molecule has 0 bridgehead atoms. The van der Waals surface area contributed by atoms with Gasteiger partial charge in [-0.1, -0.05) is 33.6 Å². The summed E-state index contributed by atoms with van der Waals surface area (Å²) >= 11 is 9.46. The van der Waals surface area contributed by atoms with E-state index in [4.69, 9.17) is 11.6 Å². The molecule has 0 saturated heterocycles. The van der Waals surface area contributed by atoms with Crippen LogP contribution < -0.4 is 0 Å². The Morgan fingerprint density at radius 3 is 2.48 bits per heavy atom. The van der Waals surface area contributed by atoms with Gasteiger partial charge in [0.15, 0.2) is 0 Å². The highest BCUT2D eigenvalue weighted by Crippen LogP contribution is 2.28. The summed E-state index contributed by atoms with van der Waals surface area (Å²) in [6.07, 6.45) is 0. The van der Waals surface area contributed by atoms with E-state index in [0.29, 0.717) is 5.02 Å². The van der Waals surface area contributed by atoms with Crippen molar-refractivity contribution in [1.29, 1.82) is 0 Å². The molecule has 0 N–H and O–H groups in total. The number of rotatable bonds is 3. The number of hydrogen-bond acceptors (Lipinski definition) is 3. The van der Waals surface area contributed by atoms with Crippen molar-refractivity contribution in [3.8, 4) is 5.69 Å². The van der Waals surface area contributed by atoms with Crippen molar-refractivity contribution in [3.63, 3.8) is 0 Å². The van der Waals surface area contributed by atoms with Crippen molar-refractivity contribution in [2.75, 3.05) is 0 Å². The summed E-state index contributed by atoms with van der Waals surface area (Å²) in [6.45, 7) is 3.89. The van der Waals surface area contributed by atoms with Gasteiger partial charge < -0.3 is 0 Å². The number of aryl methyl sites for hydroxylation is 1. The average molecular weight is 390 g/mol. The topological polar surface area (TPSA) is 42.5 Å². The molecule has 4 nitrogen and oxygen atoms in total. The van der Waals surface area contributed by atoms with Gasteiger partial charge in [0.2, 0.25) is 0 Å². The van der Waals surface area contributed by atoms with Gasteiger partial charge in [-0.05, 0) is 56.3 Å². The number of hydrogen-bond donors (Lipinski definition) is 0. The lowest BCUT2D eigenvalue weighted by atomic mass is 10.3. The first-order valence-corrected chi connectivity index (χ1v) is 8.21. The van der Waals surface area contributed by atoms with Crippen molar-refractivity contribution >= 4 is 38.9 Å². The maximum atomic E-state index is 6.06. The molecule has 116 valence electrons. The maximum absolute atomic E-state index is 6.06. The number of halogens is 2. The molecule has 0 amide bonds. The van der Waals surface area contributed by atoms with Crippen molar-refractivity contribution in [2.45, 2.75) is 13.8 Å². The van der Waals surface area contributed by atoms with E-state index >= 15 is 0 Å². The largest absolute Gasteiger partial charge is 0.235 e. The third kappa shape index (κ3) is 3.51. The van der Waals surface area contributed by atoms with Gasteiger partial charge in [0.1, 0.15) is 5.69 Å². The summed E-state index contributed by atoms with van der Waals surface area (Å²) in [7, 11) is 0. The Labute approximate surface area is 148 Å². The number of azo groups is 1. The molecule has 0 atom stereocenters. The lowest BCUT2D eigenvalue weighted by Crippen LogP contribution is -1.98. The second-order valence-electron chi connectivity index (χ2n) is 5.09. The lowest BCUT2D eigenvalue weighted by Gasteiger charge is -2.04. The number of benzene rings is 2. The Morgan fingerprint density at radius 1 is 1.04 bits per heavy atom. The van der Waals surface area contributed by atoms with Gasteiger partial charge in [-0.15, -0.1) is 5.11 Å². The SMILES string of the molecule is Cc1nn(-c2cccc(Cl)c2)c(C)c1N=Nc1ccc(Br)cc1. The molecule has 0 spiro atoms. The summed E-state index contributed by atoms with van der Waals surface area (Å²) < 4.78 is 2.84. The second kappa shape index (κ2) is 6.64. The minimum atomic E-state index is 0.674. The predicted molar refractivity (Wildman–Crippen MR) is 96.4 cm³/mol. The third-order valence-corrected chi connectivity index (χ3v) is 4.16. The van der Waals surface area contributed by atoms with E-state index in [2.05, 4.69) is 31.3 Å². The molecular formula is C17H14BrClN4. The quantitative estimate of drug-likeness (QED) is 0.483. The van der Waals surface area contributed by atoms with E-state index in [9.17, 15) is 0 Å². The second-order valence-corrected chi connectivity index (χ2v) is 6.44. The molecule has 3 rings (SSSR count). The Kier molecular flexibility index (Phi) is 4.59. The van der Waals surface area contributed by atoms with Gasteiger partial charge in [-0.3, -0.25) is 0 Å². The Morgan fingerprint density at radius 2 is 1.78 bits per heavy atom. The van der Waals surface area contributed by atoms with Crippen LogP contribution in [0.15, 0.2) is 63.2 Å². The third-order valence-electron chi connectivity index (χ3n) is 3.40. The molecule has 0 radical (unpaired) electrons. The molecule has 1 heterocycles. The van der Waals surface area contributed by atoms with Crippen LogP contribution in [-0.2, 0) is 0 Å². The number of nitrogens with zero attached hydrogens (tertiary/aromatic N) is 4. The molecule has 1 aromatic heterocycles. The summed E-state index contributed by atoms with van der Waals surface area (Å²) in [5.41, 5.74) is 4.22. The molecule has 0 aliphatic rings. The monoisotopic (exact) mass is 388 g/mol. The van der Waals surface area contributed by atoms with E-state index in [1.54, 1.807) is 0 Å². The molecule has 0 aliphatic carbocycles. The van der Waals surface area contributed by atoms with Gasteiger partial charge in [0, 0.05) is 9.50 Å². The van der Waals surface area contributed by atoms with Gasteiger partial charge in [-0.2, -0.15) is 10.2 Å². The summed E-state index contributed by atoms with van der Waals surface area (Å²) in [5, 5.41) is 13.9. The van der Waals surface area contributed by atoms with Crippen LogP contribution >= 0.6 is 27.5 Å². The predicted octanol–water partition coefficient (Wildman–Crippen LogP) is 6.32. The Balaban J connectivity index is 1.96. The van der Waals surface area contributed by atoms with E-state index in [1.165, 1.54) is 0 Å². The van der Waals surface area contributed by atoms with Crippen LogP contribution in [0.3, 0.4) is 0 Å². The molecular weight excluding hydrogens is 376 g/mol. The minimum Gasteiger partial charge on any atom is -0.235 e. The molecule has 0 fully saturated rings. The van der Waals surface area contributed by atoms with Crippen LogP contribution in [0.25, 0.3) is 5.69 Å². The van der Waals surface area contributed by atoms with Crippen LogP contribution in [0.5, 0.6) is 0 Å². The first kappa shape index (κ1) is 15.9. The van der Waals surface area contributed by atoms with Crippen LogP contribution in [0.1, 0.15) is 11.4 Å². The van der Waals surface area contributed by atoms with Crippen molar-refractivity contribution in [3.05, 3.63) is 69.4 Å². The highest BCUT2D eigenvalue weighted by molar-refractivity contribution is 9.10. The first-order chi connectivity index (χ1) is 11.0. The van der Waals surface area contributed by atoms with E-state index in [-0.39, 0.29) is 0 Å². The maximum Gasteiger partial charge on any atom is 0.130 e. The Bertz CT molecular complexity index is 869. The molecule has 23 heavy (non-hydrogen) atoms. The fourth-order valence-corrected chi connectivity index (χ4v) is 2.70. The molecule has 0 aliphatic heterocycles. The zero-order valence-electron chi connectivity index (χ0n) is 12.7. The number of aromatic nitrogens is 2. The lowest BCUT2D eigenvalue weighted by molar-refractivity contribution is 0.833. The van der Waals surface area contributed by atoms with Crippen LogP contribution in [0, 0.1) is 13.8 Å². The molecule has 0 unspecified atom stereocenters. The van der Waals surface area contributed by atoms with Crippen LogP contribution in [-0.4, -0.2) is 9.78 Å². The minimum absolute atomic E-state index is 0.674. The van der Waals surface area contributed by atoms with Crippen molar-refractivity contribution in [1.82, 2.24) is 9.78 Å². The van der Waals surface area contributed by atoms with Crippen LogP contribution in [0.2, 0.25) is 5.02 Å². The molecule has 6 heteroatoms. The highest BCUT2D eigenvalue weighted by Gasteiger charge is 2.12. The zero-order chi connectivity index (χ0) is 16.4. The van der Waals surface area contributed by atoms with E-state index in [0.717, 1.165) is 32.9 Å². The Hall–Kier alpha value is -1.98. The van der Waals surface area contributed by atoms with Crippen LogP contribution in [0.4, 0.5) is 11.4 Å². The van der Waals surface area contributed by atoms with Gasteiger partial charge in [-0.25, -0.2) is 4.68 Å². The summed E-state index contributed by atoms with van der Waals surface area (Å²) in [6, 6.07) is 15.2. The van der Waals surface area contributed by atoms with E-state index in [1.807, 2.05) is 67.1 Å². The summed E-state index contributed by atoms with van der Waals surface area (Å²) in [4.78, 5) is 0. The van der Waals surface area contributed by atoms with E-state index < -0.39 is 0 Å². The smallest absolute Gasteiger partial charge is 0.130 e. The normalized spacial score (nSPS) is 11.3. The van der Waals surface area contributed by atoms with Gasteiger partial charge in [0.25, 0.3) is 0 Å². The zero-order valence-corrected chi connectivity index (χ0v) is 15.0. The van der Waals surface area contributed by atoms with Crippen molar-refractivity contribution in [2.24, 2.45) is 10.2 Å². The van der Waals surface area contributed by atoms with Gasteiger partial charge >= 0.3 is 0 Å². The average Bonchev–Trinajstić information content (AvgIpc) is 2.82. The van der Waals surface area contributed by atoms with Crippen molar-refractivity contribution < 1.29 is 0 Å². The van der Waals surface area contributed by atoms with Gasteiger partial charge in [0.05, 0.1) is 22.8 Å². The molecule has 3 aromatic rings. The first-order valence-electron chi connectivity index (χ1n) is 7.04. The molecule has 0 saturated carbocycles. The highest BCUT2D eigenvalue weighted by atomic mass is 79.9. The fraction of sp³-hybridized carbons (Fsp3) is 0.118.